The van der Waals surface area contributed by atoms with Crippen LogP contribution >= 0.6 is 0 Å². The third kappa shape index (κ3) is 3.38. The number of H-pyrrole nitrogens is 1. The Kier molecular flexibility index (Phi) is 4.40. The number of aryl methyl sites for hydroxylation is 1. The van der Waals surface area contributed by atoms with Crippen molar-refractivity contribution in [2.24, 2.45) is 5.73 Å². The van der Waals surface area contributed by atoms with Crippen LogP contribution in [0.15, 0.2) is 30.5 Å². The second-order valence-corrected chi connectivity index (χ2v) is 4.93. The molecule has 1 aromatic heterocycles. The summed E-state index contributed by atoms with van der Waals surface area (Å²) in [7, 11) is 1.60. The Morgan fingerprint density at radius 1 is 1.30 bits per heavy atom. The quantitative estimate of drug-likeness (QED) is 0.835. The van der Waals surface area contributed by atoms with E-state index in [-0.39, 0.29) is 12.5 Å². The molecule has 20 heavy (non-hydrogen) atoms. The number of rotatable bonds is 6. The van der Waals surface area contributed by atoms with Crippen LogP contribution in [0, 0.1) is 0 Å². The van der Waals surface area contributed by atoms with E-state index in [0.29, 0.717) is 6.42 Å². The number of aromatic nitrogens is 1. The summed E-state index contributed by atoms with van der Waals surface area (Å²) in [6.07, 6.45) is 4.00. The van der Waals surface area contributed by atoms with E-state index in [1.807, 2.05) is 24.4 Å². The number of primary amides is 1. The summed E-state index contributed by atoms with van der Waals surface area (Å²) in [6, 6.07) is 8.10. The first-order valence-corrected chi connectivity index (χ1v) is 6.65. The molecule has 1 aromatic carbocycles. The molecule has 2 aromatic rings. The fraction of sp³-hybridized carbons (Fsp3) is 0.333. The Hall–Kier alpha value is -2.30. The van der Waals surface area contributed by atoms with Crippen molar-refractivity contribution in [2.75, 3.05) is 13.6 Å². The number of hydrogen-bond donors (Lipinski definition) is 2. The minimum atomic E-state index is -0.488. The van der Waals surface area contributed by atoms with Crippen LogP contribution in [0.1, 0.15) is 18.4 Å². The van der Waals surface area contributed by atoms with Gasteiger partial charge in [-0.25, -0.2) is 0 Å². The average Bonchev–Trinajstić information content (AvgIpc) is 2.81. The van der Waals surface area contributed by atoms with Crippen molar-refractivity contribution in [2.45, 2.75) is 19.3 Å². The van der Waals surface area contributed by atoms with E-state index < -0.39 is 5.91 Å². The predicted octanol–water partition coefficient (Wildman–Crippen LogP) is 1.43. The van der Waals surface area contributed by atoms with Crippen molar-refractivity contribution in [3.05, 3.63) is 36.0 Å². The van der Waals surface area contributed by atoms with Gasteiger partial charge in [0.25, 0.3) is 0 Å². The van der Waals surface area contributed by atoms with Crippen LogP contribution in [0.2, 0.25) is 0 Å². The number of nitrogens with zero attached hydrogens (tertiary/aromatic N) is 1. The van der Waals surface area contributed by atoms with Crippen molar-refractivity contribution in [3.63, 3.8) is 0 Å². The number of aromatic amines is 1. The van der Waals surface area contributed by atoms with Gasteiger partial charge >= 0.3 is 0 Å². The van der Waals surface area contributed by atoms with Gasteiger partial charge in [0, 0.05) is 30.6 Å². The first-order chi connectivity index (χ1) is 9.58. The normalized spacial score (nSPS) is 10.7. The predicted molar refractivity (Wildman–Crippen MR) is 78.1 cm³/mol. The monoisotopic (exact) mass is 273 g/mol. The van der Waals surface area contributed by atoms with Gasteiger partial charge in [-0.1, -0.05) is 18.2 Å². The van der Waals surface area contributed by atoms with Crippen molar-refractivity contribution in [1.29, 1.82) is 0 Å². The lowest BCUT2D eigenvalue weighted by Crippen LogP contribution is -2.35. The molecular weight excluding hydrogens is 254 g/mol. The van der Waals surface area contributed by atoms with Crippen LogP contribution in [-0.4, -0.2) is 35.3 Å². The zero-order chi connectivity index (χ0) is 14.5. The maximum atomic E-state index is 11.8. The van der Waals surface area contributed by atoms with Gasteiger partial charge in [-0.2, -0.15) is 0 Å². The number of hydrogen-bond acceptors (Lipinski definition) is 2. The molecule has 0 aliphatic carbocycles. The maximum absolute atomic E-state index is 11.8. The van der Waals surface area contributed by atoms with Gasteiger partial charge < -0.3 is 15.6 Å². The minimum absolute atomic E-state index is 0.0219. The van der Waals surface area contributed by atoms with Gasteiger partial charge in [0.2, 0.25) is 11.8 Å². The number of amides is 2. The van der Waals surface area contributed by atoms with E-state index >= 15 is 0 Å². The molecule has 2 rings (SSSR count). The molecule has 1 heterocycles. The zero-order valence-electron chi connectivity index (χ0n) is 11.6. The summed E-state index contributed by atoms with van der Waals surface area (Å²) < 4.78 is 0. The Morgan fingerprint density at radius 3 is 2.80 bits per heavy atom. The Bertz CT molecular complexity index is 618. The number of carbonyl (C=O) groups is 2. The third-order valence-corrected chi connectivity index (χ3v) is 3.33. The number of nitrogens with one attached hydrogen (secondary N) is 1. The van der Waals surface area contributed by atoms with Gasteiger partial charge in [-0.05, 0) is 24.5 Å². The maximum Gasteiger partial charge on any atom is 0.237 e. The molecule has 0 fully saturated rings. The van der Waals surface area contributed by atoms with Crippen LogP contribution < -0.4 is 5.73 Å². The number of benzene rings is 1. The summed E-state index contributed by atoms with van der Waals surface area (Å²) in [6.45, 7) is -0.0219. The molecule has 0 saturated carbocycles. The van der Waals surface area contributed by atoms with Crippen LogP contribution in [0.5, 0.6) is 0 Å². The molecule has 0 unspecified atom stereocenters. The Labute approximate surface area is 117 Å². The number of carbonyl (C=O) groups excluding carboxylic acids is 2. The third-order valence-electron chi connectivity index (χ3n) is 3.33. The number of para-hydroxylation sites is 1. The minimum Gasteiger partial charge on any atom is -0.368 e. The summed E-state index contributed by atoms with van der Waals surface area (Å²) in [5.41, 5.74) is 7.39. The zero-order valence-corrected chi connectivity index (χ0v) is 11.6. The summed E-state index contributed by atoms with van der Waals surface area (Å²) in [4.78, 5) is 27.1. The lowest BCUT2D eigenvalue weighted by atomic mass is 10.1. The van der Waals surface area contributed by atoms with Gasteiger partial charge in [0.15, 0.2) is 0 Å². The SMILES string of the molecule is CN(CC(N)=O)C(=O)CCCc1c[nH]c2ccccc12. The standard InChI is InChI=1S/C15H19N3O2/c1-18(10-14(16)19)15(20)8-4-5-11-9-17-13-7-3-2-6-12(11)13/h2-3,6-7,9,17H,4-5,8,10H2,1H3,(H2,16,19). The summed E-state index contributed by atoms with van der Waals surface area (Å²) in [5.74, 6) is -0.541. The molecule has 0 atom stereocenters. The van der Waals surface area contributed by atoms with E-state index in [4.69, 9.17) is 5.73 Å². The Morgan fingerprint density at radius 2 is 2.05 bits per heavy atom. The van der Waals surface area contributed by atoms with Gasteiger partial charge in [-0.15, -0.1) is 0 Å². The molecule has 0 bridgehead atoms. The lowest BCUT2D eigenvalue weighted by Gasteiger charge is -2.14. The number of likely N-dealkylation sites (N-methyl/N-ethyl adjacent to an activating group) is 1. The fourth-order valence-electron chi connectivity index (χ4n) is 2.28. The molecule has 0 aliphatic rings. The molecule has 0 spiro atoms. The number of nitrogens with two attached hydrogens (primary N) is 1. The Balaban J connectivity index is 1.87. The van der Waals surface area contributed by atoms with E-state index in [1.165, 1.54) is 15.8 Å². The second kappa shape index (κ2) is 6.23. The summed E-state index contributed by atoms with van der Waals surface area (Å²) >= 11 is 0. The van der Waals surface area contributed by atoms with Crippen LogP contribution in [-0.2, 0) is 16.0 Å². The molecule has 0 aliphatic heterocycles. The molecule has 2 amide bonds. The highest BCUT2D eigenvalue weighted by atomic mass is 16.2. The largest absolute Gasteiger partial charge is 0.368 e. The summed E-state index contributed by atoms with van der Waals surface area (Å²) in [5, 5.41) is 1.20. The molecule has 5 nitrogen and oxygen atoms in total. The first-order valence-electron chi connectivity index (χ1n) is 6.65. The molecule has 3 N–H and O–H groups in total. The van der Waals surface area contributed by atoms with Gasteiger partial charge in [0.1, 0.15) is 0 Å². The fourth-order valence-corrected chi connectivity index (χ4v) is 2.28. The van der Waals surface area contributed by atoms with Crippen LogP contribution in [0.4, 0.5) is 0 Å². The van der Waals surface area contributed by atoms with Crippen molar-refractivity contribution < 1.29 is 9.59 Å². The van der Waals surface area contributed by atoms with Crippen molar-refractivity contribution >= 4 is 22.7 Å². The number of fused-ring (bicyclic) bond motifs is 1. The molecule has 0 saturated heterocycles. The van der Waals surface area contributed by atoms with Gasteiger partial charge in [0.05, 0.1) is 6.54 Å². The highest BCUT2D eigenvalue weighted by Gasteiger charge is 2.11. The van der Waals surface area contributed by atoms with E-state index in [1.54, 1.807) is 7.05 Å². The molecular formula is C15H19N3O2. The first kappa shape index (κ1) is 14.1. The van der Waals surface area contributed by atoms with Crippen LogP contribution in [0.25, 0.3) is 10.9 Å². The van der Waals surface area contributed by atoms with Crippen molar-refractivity contribution in [3.8, 4) is 0 Å². The highest BCUT2D eigenvalue weighted by Crippen LogP contribution is 2.19. The van der Waals surface area contributed by atoms with Crippen LogP contribution in [0.3, 0.4) is 0 Å². The molecule has 5 heteroatoms. The van der Waals surface area contributed by atoms with E-state index in [0.717, 1.165) is 18.4 Å². The van der Waals surface area contributed by atoms with Crippen molar-refractivity contribution in [1.82, 2.24) is 9.88 Å². The average molecular weight is 273 g/mol. The second-order valence-electron chi connectivity index (χ2n) is 4.93. The molecule has 0 radical (unpaired) electrons. The lowest BCUT2D eigenvalue weighted by molar-refractivity contribution is -0.133. The molecule has 106 valence electrons. The topological polar surface area (TPSA) is 79.2 Å². The van der Waals surface area contributed by atoms with Gasteiger partial charge in [-0.3, -0.25) is 9.59 Å². The highest BCUT2D eigenvalue weighted by molar-refractivity contribution is 5.84. The smallest absolute Gasteiger partial charge is 0.237 e. The van der Waals surface area contributed by atoms with E-state index in [2.05, 4.69) is 11.1 Å². The van der Waals surface area contributed by atoms with E-state index in [9.17, 15) is 9.59 Å².